The standard InChI is InChI=1S/C14H20N4O/c1-11(10-17(2)3)15-9-12-8-14(19)18-7-5-4-6-13(18)16-12/h4-8,11,15H,9-10H2,1-3H3. The van der Waals surface area contributed by atoms with E-state index in [0.717, 1.165) is 12.2 Å². The second-order valence-corrected chi connectivity index (χ2v) is 5.06. The van der Waals surface area contributed by atoms with Crippen molar-refractivity contribution >= 4 is 5.65 Å². The third kappa shape index (κ3) is 3.62. The van der Waals surface area contributed by atoms with Crippen molar-refractivity contribution in [2.45, 2.75) is 19.5 Å². The maximum atomic E-state index is 11.9. The minimum Gasteiger partial charge on any atom is -0.308 e. The molecule has 2 rings (SSSR count). The minimum atomic E-state index is -0.0392. The molecular formula is C14H20N4O. The normalized spacial score (nSPS) is 13.1. The lowest BCUT2D eigenvalue weighted by Crippen LogP contribution is -2.35. The van der Waals surface area contributed by atoms with Gasteiger partial charge in [0.05, 0.1) is 5.69 Å². The summed E-state index contributed by atoms with van der Waals surface area (Å²) in [5, 5.41) is 3.37. The number of hydrogen-bond donors (Lipinski definition) is 1. The van der Waals surface area contributed by atoms with Crippen LogP contribution in [-0.2, 0) is 6.54 Å². The molecule has 19 heavy (non-hydrogen) atoms. The summed E-state index contributed by atoms with van der Waals surface area (Å²) in [5.41, 5.74) is 1.43. The third-order valence-electron chi connectivity index (χ3n) is 2.89. The maximum absolute atomic E-state index is 11.9. The fourth-order valence-electron chi connectivity index (χ4n) is 2.08. The third-order valence-corrected chi connectivity index (χ3v) is 2.89. The highest BCUT2D eigenvalue weighted by molar-refractivity contribution is 5.37. The first-order valence-electron chi connectivity index (χ1n) is 6.41. The van der Waals surface area contributed by atoms with Gasteiger partial charge in [0.2, 0.25) is 0 Å². The Bertz CT molecular complexity index is 606. The van der Waals surface area contributed by atoms with Gasteiger partial charge in [0.25, 0.3) is 5.56 Å². The van der Waals surface area contributed by atoms with Crippen molar-refractivity contribution < 1.29 is 0 Å². The molecule has 5 nitrogen and oxygen atoms in total. The van der Waals surface area contributed by atoms with Crippen LogP contribution < -0.4 is 10.9 Å². The molecule has 0 fully saturated rings. The highest BCUT2D eigenvalue weighted by Gasteiger charge is 2.05. The highest BCUT2D eigenvalue weighted by Crippen LogP contribution is 1.99. The van der Waals surface area contributed by atoms with Gasteiger partial charge in [0, 0.05) is 31.4 Å². The molecular weight excluding hydrogens is 240 g/mol. The molecule has 0 saturated carbocycles. The van der Waals surface area contributed by atoms with Crippen LogP contribution in [0.5, 0.6) is 0 Å². The van der Waals surface area contributed by atoms with Gasteiger partial charge < -0.3 is 10.2 Å². The first-order chi connectivity index (χ1) is 9.06. The predicted octanol–water partition coefficient (Wildman–Crippen LogP) is 0.734. The molecule has 2 heterocycles. The van der Waals surface area contributed by atoms with Crippen LogP contribution in [0.2, 0.25) is 0 Å². The average Bonchev–Trinajstić information content (AvgIpc) is 2.36. The summed E-state index contributed by atoms with van der Waals surface area (Å²) in [4.78, 5) is 18.5. The molecule has 102 valence electrons. The molecule has 0 aromatic carbocycles. The number of likely N-dealkylation sites (N-methyl/N-ethyl adjacent to an activating group) is 1. The first-order valence-corrected chi connectivity index (χ1v) is 6.41. The van der Waals surface area contributed by atoms with Crippen LogP contribution in [0.3, 0.4) is 0 Å². The Morgan fingerprint density at radius 2 is 2.21 bits per heavy atom. The average molecular weight is 260 g/mol. The van der Waals surface area contributed by atoms with E-state index in [1.54, 1.807) is 16.7 Å². The van der Waals surface area contributed by atoms with E-state index < -0.39 is 0 Å². The Labute approximate surface area is 112 Å². The van der Waals surface area contributed by atoms with Gasteiger partial charge in [-0.2, -0.15) is 0 Å². The second kappa shape index (κ2) is 5.95. The van der Waals surface area contributed by atoms with E-state index in [1.807, 2.05) is 32.3 Å². The maximum Gasteiger partial charge on any atom is 0.258 e. The van der Waals surface area contributed by atoms with Crippen LogP contribution in [0.4, 0.5) is 0 Å². The number of nitrogens with one attached hydrogen (secondary N) is 1. The Balaban J connectivity index is 2.11. The largest absolute Gasteiger partial charge is 0.308 e. The molecule has 0 bridgehead atoms. The molecule has 1 unspecified atom stereocenters. The van der Waals surface area contributed by atoms with E-state index in [9.17, 15) is 4.79 Å². The summed E-state index contributed by atoms with van der Waals surface area (Å²) in [6.45, 7) is 3.68. The monoisotopic (exact) mass is 260 g/mol. The molecule has 0 amide bonds. The van der Waals surface area contributed by atoms with E-state index in [1.165, 1.54) is 0 Å². The quantitative estimate of drug-likeness (QED) is 0.861. The predicted molar refractivity (Wildman–Crippen MR) is 76.3 cm³/mol. The van der Waals surface area contributed by atoms with Crippen LogP contribution in [0.15, 0.2) is 35.3 Å². The SMILES string of the molecule is CC(CN(C)C)NCc1cc(=O)n2ccccc2n1. The zero-order chi connectivity index (χ0) is 13.8. The number of aromatic nitrogens is 2. The number of pyridine rings is 1. The molecule has 1 N–H and O–H groups in total. The van der Waals surface area contributed by atoms with Crippen LogP contribution in [0.1, 0.15) is 12.6 Å². The number of nitrogens with zero attached hydrogens (tertiary/aromatic N) is 3. The molecule has 2 aromatic rings. The summed E-state index contributed by atoms with van der Waals surface area (Å²) in [6.07, 6.45) is 1.73. The van der Waals surface area contributed by atoms with Gasteiger partial charge in [-0.1, -0.05) is 6.07 Å². The zero-order valence-electron chi connectivity index (χ0n) is 11.6. The molecule has 0 saturated heterocycles. The van der Waals surface area contributed by atoms with E-state index in [0.29, 0.717) is 18.2 Å². The Morgan fingerprint density at radius 3 is 2.95 bits per heavy atom. The number of fused-ring (bicyclic) bond motifs is 1. The summed E-state index contributed by atoms with van der Waals surface area (Å²) in [5.74, 6) is 0. The fraction of sp³-hybridized carbons (Fsp3) is 0.429. The van der Waals surface area contributed by atoms with E-state index in [4.69, 9.17) is 0 Å². The van der Waals surface area contributed by atoms with Crippen LogP contribution in [0.25, 0.3) is 5.65 Å². The van der Waals surface area contributed by atoms with Crippen LogP contribution in [0, 0.1) is 0 Å². The fourth-order valence-corrected chi connectivity index (χ4v) is 2.08. The lowest BCUT2D eigenvalue weighted by atomic mass is 10.3. The molecule has 0 spiro atoms. The summed E-state index contributed by atoms with van der Waals surface area (Å²) >= 11 is 0. The van der Waals surface area contributed by atoms with Gasteiger partial charge in [-0.25, -0.2) is 4.98 Å². The molecule has 0 aliphatic heterocycles. The summed E-state index contributed by atoms with van der Waals surface area (Å²) in [7, 11) is 4.08. The highest BCUT2D eigenvalue weighted by atomic mass is 16.1. The van der Waals surface area contributed by atoms with Gasteiger partial charge in [0.15, 0.2) is 0 Å². The van der Waals surface area contributed by atoms with Crippen molar-refractivity contribution in [2.24, 2.45) is 0 Å². The zero-order valence-corrected chi connectivity index (χ0v) is 11.6. The Kier molecular flexibility index (Phi) is 4.29. The minimum absolute atomic E-state index is 0.0392. The van der Waals surface area contributed by atoms with Gasteiger partial charge >= 0.3 is 0 Å². The molecule has 0 aliphatic carbocycles. The van der Waals surface area contributed by atoms with E-state index in [2.05, 4.69) is 22.1 Å². The summed E-state index contributed by atoms with van der Waals surface area (Å²) < 4.78 is 1.55. The molecule has 0 aliphatic rings. The number of hydrogen-bond acceptors (Lipinski definition) is 4. The van der Waals surface area contributed by atoms with Crippen molar-refractivity contribution in [1.29, 1.82) is 0 Å². The van der Waals surface area contributed by atoms with Crippen molar-refractivity contribution in [3.8, 4) is 0 Å². The Morgan fingerprint density at radius 1 is 1.42 bits per heavy atom. The number of rotatable bonds is 5. The molecule has 5 heteroatoms. The Hall–Kier alpha value is -1.72. The van der Waals surface area contributed by atoms with Crippen molar-refractivity contribution in [3.63, 3.8) is 0 Å². The van der Waals surface area contributed by atoms with Crippen LogP contribution >= 0.6 is 0 Å². The molecule has 1 atom stereocenters. The molecule has 0 radical (unpaired) electrons. The van der Waals surface area contributed by atoms with Crippen molar-refractivity contribution in [2.75, 3.05) is 20.6 Å². The van der Waals surface area contributed by atoms with E-state index in [-0.39, 0.29) is 5.56 Å². The smallest absolute Gasteiger partial charge is 0.258 e. The first kappa shape index (κ1) is 13.7. The lowest BCUT2D eigenvalue weighted by molar-refractivity contribution is 0.348. The molecule has 2 aromatic heterocycles. The lowest BCUT2D eigenvalue weighted by Gasteiger charge is -2.18. The van der Waals surface area contributed by atoms with Gasteiger partial charge in [-0.3, -0.25) is 9.20 Å². The van der Waals surface area contributed by atoms with Crippen molar-refractivity contribution in [1.82, 2.24) is 19.6 Å². The van der Waals surface area contributed by atoms with Crippen LogP contribution in [-0.4, -0.2) is 41.0 Å². The van der Waals surface area contributed by atoms with Crippen molar-refractivity contribution in [3.05, 3.63) is 46.5 Å². The van der Waals surface area contributed by atoms with Gasteiger partial charge in [0.1, 0.15) is 5.65 Å². The van der Waals surface area contributed by atoms with Gasteiger partial charge in [-0.05, 0) is 33.2 Å². The van der Waals surface area contributed by atoms with Gasteiger partial charge in [-0.15, -0.1) is 0 Å². The van der Waals surface area contributed by atoms with E-state index >= 15 is 0 Å². The second-order valence-electron chi connectivity index (χ2n) is 5.06. The topological polar surface area (TPSA) is 49.6 Å². The summed E-state index contributed by atoms with van der Waals surface area (Å²) in [6, 6.07) is 7.49.